The zero-order valence-electron chi connectivity index (χ0n) is 12.6. The number of carbonyl (C=O) groups is 1. The number of methoxy groups -OCH3 is 2. The smallest absolute Gasteiger partial charge is 0.237 e. The topological polar surface area (TPSA) is 38.8 Å². The molecule has 1 aromatic carbocycles. The molecule has 112 valence electrons. The molecular formula is C15H22BrNO3. The lowest BCUT2D eigenvalue weighted by molar-refractivity contribution is -0.115. The molecule has 0 saturated carbocycles. The van der Waals surface area contributed by atoms with Crippen molar-refractivity contribution in [3.8, 4) is 0 Å². The number of rotatable bonds is 6. The molecule has 0 aliphatic carbocycles. The van der Waals surface area contributed by atoms with Crippen LogP contribution in [0.25, 0.3) is 0 Å². The van der Waals surface area contributed by atoms with Gasteiger partial charge in [-0.25, -0.2) is 0 Å². The van der Waals surface area contributed by atoms with Gasteiger partial charge in [-0.1, -0.05) is 34.1 Å². The van der Waals surface area contributed by atoms with Gasteiger partial charge in [-0.05, 0) is 13.8 Å². The predicted octanol–water partition coefficient (Wildman–Crippen LogP) is 3.46. The highest BCUT2D eigenvalue weighted by Crippen LogP contribution is 2.35. The molecule has 0 saturated heterocycles. The number of nitrogens with zero attached hydrogens (tertiary/aromatic N) is 1. The van der Waals surface area contributed by atoms with E-state index >= 15 is 0 Å². The third-order valence-electron chi connectivity index (χ3n) is 3.51. The first-order chi connectivity index (χ1) is 9.47. The molecule has 4 nitrogen and oxygen atoms in total. The molecule has 2 atom stereocenters. The minimum Gasteiger partial charge on any atom is -0.377 e. The number of alkyl halides is 1. The quantitative estimate of drug-likeness (QED) is 0.742. The van der Waals surface area contributed by atoms with Crippen molar-refractivity contribution in [2.75, 3.05) is 31.5 Å². The van der Waals surface area contributed by atoms with E-state index in [0.29, 0.717) is 0 Å². The molecule has 0 bridgehead atoms. The SMILES string of the molecule is COC(C)c1cccc(C(C)OC)c1N(C)C(=O)CBr. The van der Waals surface area contributed by atoms with E-state index in [4.69, 9.17) is 9.47 Å². The lowest BCUT2D eigenvalue weighted by atomic mass is 9.99. The van der Waals surface area contributed by atoms with Crippen LogP contribution in [0.3, 0.4) is 0 Å². The second-order valence-electron chi connectivity index (χ2n) is 4.63. The average Bonchev–Trinajstić information content (AvgIpc) is 2.50. The fourth-order valence-electron chi connectivity index (χ4n) is 2.09. The molecule has 0 radical (unpaired) electrons. The summed E-state index contributed by atoms with van der Waals surface area (Å²) < 4.78 is 10.8. The third kappa shape index (κ3) is 3.59. The molecule has 0 aromatic heterocycles. The maximum atomic E-state index is 12.0. The Morgan fingerprint density at radius 2 is 1.65 bits per heavy atom. The zero-order chi connectivity index (χ0) is 15.3. The van der Waals surface area contributed by atoms with Crippen molar-refractivity contribution in [1.29, 1.82) is 0 Å². The summed E-state index contributed by atoms with van der Waals surface area (Å²) in [7, 11) is 5.09. The average molecular weight is 344 g/mol. The monoisotopic (exact) mass is 343 g/mol. The standard InChI is InChI=1S/C15H22BrNO3/c1-10(19-4)12-7-6-8-13(11(2)20-5)15(12)17(3)14(18)9-16/h6-8,10-11H,9H2,1-5H3. The summed E-state index contributed by atoms with van der Waals surface area (Å²) in [5, 5.41) is 0.278. The van der Waals surface area contributed by atoms with Gasteiger partial charge in [-0.3, -0.25) is 4.79 Å². The van der Waals surface area contributed by atoms with Crippen molar-refractivity contribution in [1.82, 2.24) is 0 Å². The van der Waals surface area contributed by atoms with Crippen molar-refractivity contribution in [3.05, 3.63) is 29.3 Å². The first kappa shape index (κ1) is 17.1. The maximum absolute atomic E-state index is 12.0. The van der Waals surface area contributed by atoms with Gasteiger partial charge in [0.1, 0.15) is 0 Å². The van der Waals surface area contributed by atoms with Crippen LogP contribution in [0.15, 0.2) is 18.2 Å². The van der Waals surface area contributed by atoms with E-state index < -0.39 is 0 Å². The number of carbonyl (C=O) groups excluding carboxylic acids is 1. The minimum absolute atomic E-state index is 0.00898. The van der Waals surface area contributed by atoms with Crippen LogP contribution in [0.4, 0.5) is 5.69 Å². The molecule has 1 aromatic rings. The Kier molecular flexibility index (Phi) is 6.65. The van der Waals surface area contributed by atoms with Crippen molar-refractivity contribution in [2.24, 2.45) is 0 Å². The molecule has 20 heavy (non-hydrogen) atoms. The number of halogens is 1. The van der Waals surface area contributed by atoms with Crippen LogP contribution in [0, 0.1) is 0 Å². The summed E-state index contributed by atoms with van der Waals surface area (Å²) in [6.45, 7) is 3.93. The Balaban J connectivity index is 3.43. The van der Waals surface area contributed by atoms with E-state index in [0.717, 1.165) is 16.8 Å². The van der Waals surface area contributed by atoms with Crippen molar-refractivity contribution in [3.63, 3.8) is 0 Å². The van der Waals surface area contributed by atoms with Crippen LogP contribution in [-0.2, 0) is 14.3 Å². The van der Waals surface area contributed by atoms with Crippen LogP contribution < -0.4 is 4.90 Å². The van der Waals surface area contributed by atoms with Crippen LogP contribution in [0.2, 0.25) is 0 Å². The lowest BCUT2D eigenvalue weighted by Crippen LogP contribution is -2.30. The van der Waals surface area contributed by atoms with Gasteiger partial charge in [0.05, 0.1) is 23.2 Å². The Labute approximate surface area is 129 Å². The van der Waals surface area contributed by atoms with Crippen LogP contribution in [0.5, 0.6) is 0 Å². The number of hydrogen-bond acceptors (Lipinski definition) is 3. The molecule has 1 rings (SSSR count). The van der Waals surface area contributed by atoms with E-state index in [9.17, 15) is 4.79 Å². The lowest BCUT2D eigenvalue weighted by Gasteiger charge is -2.27. The summed E-state index contributed by atoms with van der Waals surface area (Å²) in [6, 6.07) is 5.92. The van der Waals surface area contributed by atoms with Crippen LogP contribution >= 0.6 is 15.9 Å². The van der Waals surface area contributed by atoms with E-state index in [1.54, 1.807) is 26.2 Å². The number of hydrogen-bond donors (Lipinski definition) is 0. The first-order valence-electron chi connectivity index (χ1n) is 6.48. The van der Waals surface area contributed by atoms with E-state index in [2.05, 4.69) is 15.9 Å². The predicted molar refractivity (Wildman–Crippen MR) is 84.5 cm³/mol. The molecule has 0 aliphatic heterocycles. The second kappa shape index (κ2) is 7.76. The van der Waals surface area contributed by atoms with Crippen molar-refractivity contribution >= 4 is 27.5 Å². The van der Waals surface area contributed by atoms with Gasteiger partial charge in [0.2, 0.25) is 5.91 Å². The molecule has 0 aliphatic rings. The van der Waals surface area contributed by atoms with Crippen molar-refractivity contribution < 1.29 is 14.3 Å². The molecule has 1 amide bonds. The highest BCUT2D eigenvalue weighted by atomic mass is 79.9. The molecule has 0 fully saturated rings. The summed E-state index contributed by atoms with van der Waals surface area (Å²) in [6.07, 6.45) is -0.195. The number of anilines is 1. The van der Waals surface area contributed by atoms with Crippen LogP contribution in [0.1, 0.15) is 37.2 Å². The molecule has 2 unspecified atom stereocenters. The van der Waals surface area contributed by atoms with Gasteiger partial charge in [0, 0.05) is 32.4 Å². The summed E-state index contributed by atoms with van der Waals surface area (Å²) >= 11 is 3.22. The molecule has 5 heteroatoms. The number of benzene rings is 1. The summed E-state index contributed by atoms with van der Waals surface area (Å²) in [4.78, 5) is 13.7. The Morgan fingerprint density at radius 1 is 1.20 bits per heavy atom. The highest BCUT2D eigenvalue weighted by molar-refractivity contribution is 9.09. The minimum atomic E-state index is -0.0976. The maximum Gasteiger partial charge on any atom is 0.237 e. The van der Waals surface area contributed by atoms with E-state index in [1.165, 1.54) is 0 Å². The molecule has 0 N–H and O–H groups in total. The zero-order valence-corrected chi connectivity index (χ0v) is 14.2. The van der Waals surface area contributed by atoms with E-state index in [1.807, 2.05) is 32.0 Å². The number of amides is 1. The molecule has 0 heterocycles. The van der Waals surface area contributed by atoms with Crippen LogP contribution in [-0.4, -0.2) is 32.5 Å². The van der Waals surface area contributed by atoms with Gasteiger partial charge in [0.25, 0.3) is 0 Å². The van der Waals surface area contributed by atoms with Gasteiger partial charge in [-0.2, -0.15) is 0 Å². The third-order valence-corrected chi connectivity index (χ3v) is 3.99. The highest BCUT2D eigenvalue weighted by Gasteiger charge is 2.23. The van der Waals surface area contributed by atoms with Gasteiger partial charge in [0.15, 0.2) is 0 Å². The van der Waals surface area contributed by atoms with Gasteiger partial charge < -0.3 is 14.4 Å². The Hall–Kier alpha value is -0.910. The normalized spacial score (nSPS) is 13.9. The molecule has 0 spiro atoms. The summed E-state index contributed by atoms with van der Waals surface area (Å²) in [5.41, 5.74) is 2.82. The van der Waals surface area contributed by atoms with Gasteiger partial charge in [-0.15, -0.1) is 0 Å². The Bertz CT molecular complexity index is 436. The van der Waals surface area contributed by atoms with Gasteiger partial charge >= 0.3 is 0 Å². The van der Waals surface area contributed by atoms with E-state index in [-0.39, 0.29) is 23.4 Å². The van der Waals surface area contributed by atoms with Crippen molar-refractivity contribution in [2.45, 2.75) is 26.1 Å². The Morgan fingerprint density at radius 3 is 2.00 bits per heavy atom. The fourth-order valence-corrected chi connectivity index (χ4v) is 2.47. The number of ether oxygens (including phenoxy) is 2. The summed E-state index contributed by atoms with van der Waals surface area (Å²) in [5.74, 6) is -0.00898. The first-order valence-corrected chi connectivity index (χ1v) is 7.60. The molecular weight excluding hydrogens is 322 g/mol. The largest absolute Gasteiger partial charge is 0.377 e. The fraction of sp³-hybridized carbons (Fsp3) is 0.533. The second-order valence-corrected chi connectivity index (χ2v) is 5.19. The number of para-hydroxylation sites is 1.